The Bertz CT molecular complexity index is 558. The molecule has 1 atom stereocenters. The van der Waals surface area contributed by atoms with E-state index in [-0.39, 0.29) is 11.9 Å². The zero-order valence-corrected chi connectivity index (χ0v) is 15.4. The molecule has 3 rings (SSSR count). The average Bonchev–Trinajstić information content (AvgIpc) is 2.67. The summed E-state index contributed by atoms with van der Waals surface area (Å²) < 4.78 is 5.34. The van der Waals surface area contributed by atoms with Gasteiger partial charge in [0, 0.05) is 32.7 Å². The van der Waals surface area contributed by atoms with E-state index in [9.17, 15) is 4.79 Å². The number of benzene rings is 1. The summed E-state index contributed by atoms with van der Waals surface area (Å²) in [5, 5.41) is 3.09. The molecule has 0 bridgehead atoms. The molecule has 1 N–H and O–H groups in total. The van der Waals surface area contributed by atoms with Gasteiger partial charge in [-0.25, -0.2) is 0 Å². The standard InChI is InChI=1S/C20H31N3O2/c1-17(23-12-14-25-15-13-23)20(24)21-9-4-5-10-22-11-8-18-6-2-3-7-19(18)16-22/h2-3,6-7,17H,4-5,8-16H2,1H3,(H,21,24). The Morgan fingerprint density at radius 2 is 1.92 bits per heavy atom. The molecule has 0 aliphatic carbocycles. The van der Waals surface area contributed by atoms with Crippen LogP contribution in [-0.4, -0.2) is 67.7 Å². The van der Waals surface area contributed by atoms with Gasteiger partial charge in [-0.1, -0.05) is 24.3 Å². The number of morpholine rings is 1. The molecule has 2 aliphatic rings. The SMILES string of the molecule is CC(C(=O)NCCCCN1CCc2ccccc2C1)N1CCOCC1. The third-order valence-electron chi connectivity index (χ3n) is 5.38. The number of amides is 1. The van der Waals surface area contributed by atoms with Gasteiger partial charge in [-0.3, -0.25) is 14.6 Å². The third kappa shape index (κ3) is 5.27. The molecule has 138 valence electrons. The molecule has 0 saturated carbocycles. The van der Waals surface area contributed by atoms with Crippen LogP contribution in [0.3, 0.4) is 0 Å². The Balaban J connectivity index is 1.29. The second kappa shape index (κ2) is 9.32. The van der Waals surface area contributed by atoms with Crippen LogP contribution in [0.1, 0.15) is 30.9 Å². The monoisotopic (exact) mass is 345 g/mol. The van der Waals surface area contributed by atoms with Gasteiger partial charge in [0.25, 0.3) is 0 Å². The summed E-state index contributed by atoms with van der Waals surface area (Å²) in [4.78, 5) is 17.0. The van der Waals surface area contributed by atoms with Gasteiger partial charge in [0.15, 0.2) is 0 Å². The average molecular weight is 345 g/mol. The first kappa shape index (κ1) is 18.4. The lowest BCUT2D eigenvalue weighted by Crippen LogP contribution is -2.49. The summed E-state index contributed by atoms with van der Waals surface area (Å²) in [6, 6.07) is 8.71. The maximum atomic E-state index is 12.2. The summed E-state index contributed by atoms with van der Waals surface area (Å²) in [5.41, 5.74) is 2.98. The number of hydrogen-bond acceptors (Lipinski definition) is 4. The Hall–Kier alpha value is -1.43. The summed E-state index contributed by atoms with van der Waals surface area (Å²) in [7, 11) is 0. The van der Waals surface area contributed by atoms with E-state index in [4.69, 9.17) is 4.74 Å². The Morgan fingerprint density at radius 1 is 1.16 bits per heavy atom. The van der Waals surface area contributed by atoms with Crippen LogP contribution in [0, 0.1) is 0 Å². The van der Waals surface area contributed by atoms with E-state index >= 15 is 0 Å². The molecule has 1 saturated heterocycles. The molecule has 2 heterocycles. The quantitative estimate of drug-likeness (QED) is 0.764. The molecule has 0 spiro atoms. The highest BCUT2D eigenvalue weighted by Gasteiger charge is 2.22. The lowest BCUT2D eigenvalue weighted by Gasteiger charge is -2.31. The van der Waals surface area contributed by atoms with E-state index in [0.29, 0.717) is 0 Å². The van der Waals surface area contributed by atoms with E-state index in [1.807, 2.05) is 6.92 Å². The molecule has 1 unspecified atom stereocenters. The molecule has 1 fully saturated rings. The zero-order valence-electron chi connectivity index (χ0n) is 15.4. The molecule has 25 heavy (non-hydrogen) atoms. The Kier molecular flexibility index (Phi) is 6.84. The maximum Gasteiger partial charge on any atom is 0.237 e. The lowest BCUT2D eigenvalue weighted by atomic mass is 10.00. The van der Waals surface area contributed by atoms with Gasteiger partial charge in [-0.15, -0.1) is 0 Å². The number of nitrogens with zero attached hydrogens (tertiary/aromatic N) is 2. The normalized spacial score (nSPS) is 20.0. The number of unbranched alkanes of at least 4 members (excludes halogenated alkanes) is 1. The predicted molar refractivity (Wildman–Crippen MR) is 99.5 cm³/mol. The van der Waals surface area contributed by atoms with Crippen molar-refractivity contribution in [1.29, 1.82) is 0 Å². The molecule has 5 nitrogen and oxygen atoms in total. The molecule has 2 aliphatic heterocycles. The van der Waals surface area contributed by atoms with E-state index in [0.717, 1.165) is 71.7 Å². The van der Waals surface area contributed by atoms with Crippen LogP contribution >= 0.6 is 0 Å². The highest BCUT2D eigenvalue weighted by molar-refractivity contribution is 5.81. The van der Waals surface area contributed by atoms with Crippen molar-refractivity contribution < 1.29 is 9.53 Å². The number of carbonyl (C=O) groups is 1. The first-order valence-corrected chi connectivity index (χ1v) is 9.62. The number of rotatable bonds is 7. The highest BCUT2D eigenvalue weighted by atomic mass is 16.5. The first-order chi connectivity index (χ1) is 12.2. The predicted octanol–water partition coefficient (Wildman–Crippen LogP) is 1.66. The number of nitrogens with one attached hydrogen (secondary N) is 1. The van der Waals surface area contributed by atoms with Crippen molar-refractivity contribution in [1.82, 2.24) is 15.1 Å². The number of carbonyl (C=O) groups excluding carboxylic acids is 1. The largest absolute Gasteiger partial charge is 0.379 e. The van der Waals surface area contributed by atoms with Crippen LogP contribution in [0.15, 0.2) is 24.3 Å². The van der Waals surface area contributed by atoms with Gasteiger partial charge >= 0.3 is 0 Å². The minimum Gasteiger partial charge on any atom is -0.379 e. The fraction of sp³-hybridized carbons (Fsp3) is 0.650. The third-order valence-corrected chi connectivity index (χ3v) is 5.38. The number of ether oxygens (including phenoxy) is 1. The van der Waals surface area contributed by atoms with Gasteiger partial charge in [0.1, 0.15) is 0 Å². The molecule has 5 heteroatoms. The Labute approximate surface area is 151 Å². The molecule has 1 amide bonds. The maximum absolute atomic E-state index is 12.2. The minimum absolute atomic E-state index is 0.0532. The van der Waals surface area contributed by atoms with Crippen molar-refractivity contribution in [2.45, 2.75) is 38.8 Å². The van der Waals surface area contributed by atoms with Gasteiger partial charge in [-0.05, 0) is 43.9 Å². The first-order valence-electron chi connectivity index (χ1n) is 9.62. The number of fused-ring (bicyclic) bond motifs is 1. The summed E-state index contributed by atoms with van der Waals surface area (Å²) in [6.45, 7) is 9.27. The van der Waals surface area contributed by atoms with Crippen molar-refractivity contribution in [3.8, 4) is 0 Å². The smallest absolute Gasteiger partial charge is 0.237 e. The number of hydrogen-bond donors (Lipinski definition) is 1. The van der Waals surface area contributed by atoms with Crippen LogP contribution in [-0.2, 0) is 22.5 Å². The lowest BCUT2D eigenvalue weighted by molar-refractivity contribution is -0.127. The topological polar surface area (TPSA) is 44.8 Å². The van der Waals surface area contributed by atoms with Crippen LogP contribution in [0.4, 0.5) is 0 Å². The second-order valence-corrected chi connectivity index (χ2v) is 7.12. The molecular formula is C20H31N3O2. The van der Waals surface area contributed by atoms with E-state index in [1.54, 1.807) is 0 Å². The molecule has 1 aromatic rings. The molecule has 0 aromatic heterocycles. The molecular weight excluding hydrogens is 314 g/mol. The van der Waals surface area contributed by atoms with E-state index in [1.165, 1.54) is 11.1 Å². The Morgan fingerprint density at radius 3 is 2.72 bits per heavy atom. The second-order valence-electron chi connectivity index (χ2n) is 7.12. The van der Waals surface area contributed by atoms with E-state index < -0.39 is 0 Å². The van der Waals surface area contributed by atoms with Crippen LogP contribution < -0.4 is 5.32 Å². The van der Waals surface area contributed by atoms with Crippen LogP contribution in [0.25, 0.3) is 0 Å². The summed E-state index contributed by atoms with van der Waals surface area (Å²) >= 11 is 0. The molecule has 0 radical (unpaired) electrons. The fourth-order valence-corrected chi connectivity index (χ4v) is 3.70. The molecule has 1 aromatic carbocycles. The van der Waals surface area contributed by atoms with Gasteiger partial charge in [0.05, 0.1) is 19.3 Å². The van der Waals surface area contributed by atoms with Crippen molar-refractivity contribution in [2.24, 2.45) is 0 Å². The summed E-state index contributed by atoms with van der Waals surface area (Å²) in [6.07, 6.45) is 3.33. The van der Waals surface area contributed by atoms with Crippen molar-refractivity contribution in [3.63, 3.8) is 0 Å². The van der Waals surface area contributed by atoms with Crippen molar-refractivity contribution in [2.75, 3.05) is 45.9 Å². The van der Waals surface area contributed by atoms with Gasteiger partial charge in [-0.2, -0.15) is 0 Å². The van der Waals surface area contributed by atoms with Crippen LogP contribution in [0.2, 0.25) is 0 Å². The minimum atomic E-state index is -0.0532. The van der Waals surface area contributed by atoms with Crippen molar-refractivity contribution in [3.05, 3.63) is 35.4 Å². The van der Waals surface area contributed by atoms with Gasteiger partial charge < -0.3 is 10.1 Å². The van der Waals surface area contributed by atoms with Gasteiger partial charge in [0.2, 0.25) is 5.91 Å². The summed E-state index contributed by atoms with van der Waals surface area (Å²) in [5.74, 6) is 0.147. The van der Waals surface area contributed by atoms with E-state index in [2.05, 4.69) is 39.4 Å². The highest BCUT2D eigenvalue weighted by Crippen LogP contribution is 2.18. The van der Waals surface area contributed by atoms with Crippen LogP contribution in [0.5, 0.6) is 0 Å². The van der Waals surface area contributed by atoms with Crippen molar-refractivity contribution >= 4 is 5.91 Å². The fourth-order valence-electron chi connectivity index (χ4n) is 3.70. The zero-order chi connectivity index (χ0) is 17.5.